The van der Waals surface area contributed by atoms with E-state index in [1.807, 2.05) is 0 Å². The highest BCUT2D eigenvalue weighted by Crippen LogP contribution is 2.37. The van der Waals surface area contributed by atoms with Crippen molar-refractivity contribution in [1.29, 1.82) is 0 Å². The Hall–Kier alpha value is -2.01. The number of rotatable bonds is 2. The summed E-state index contributed by atoms with van der Waals surface area (Å²) in [5.74, 6) is -4.91. The van der Waals surface area contributed by atoms with Gasteiger partial charge in [0.1, 0.15) is 5.69 Å². The minimum absolute atomic E-state index is 0.218. The summed E-state index contributed by atoms with van der Waals surface area (Å²) in [6.45, 7) is 1.73. The van der Waals surface area contributed by atoms with Crippen LogP contribution in [0.5, 0.6) is 0 Å². The van der Waals surface area contributed by atoms with Crippen molar-refractivity contribution in [2.24, 2.45) is 0 Å². The maximum Gasteiger partial charge on any atom is 0.366 e. The molecule has 0 spiro atoms. The third-order valence-corrected chi connectivity index (χ3v) is 3.99. The van der Waals surface area contributed by atoms with Gasteiger partial charge in [0.2, 0.25) is 0 Å². The second kappa shape index (κ2) is 5.32. The van der Waals surface area contributed by atoms with Crippen LogP contribution in [-0.4, -0.2) is 17.4 Å². The lowest BCUT2D eigenvalue weighted by atomic mass is 10.1. The molecule has 0 N–H and O–H groups in total. The molecule has 114 valence electrons. The average molecular weight is 323 g/mol. The van der Waals surface area contributed by atoms with E-state index >= 15 is 0 Å². The van der Waals surface area contributed by atoms with E-state index in [2.05, 4.69) is 4.98 Å². The van der Waals surface area contributed by atoms with Crippen molar-refractivity contribution in [2.45, 2.75) is 19.3 Å². The highest BCUT2D eigenvalue weighted by Gasteiger charge is 2.47. The molecule has 0 radical (unpaired) electrons. The molecule has 0 fully saturated rings. The molecule has 2 heterocycles. The lowest BCUT2D eigenvalue weighted by molar-refractivity contribution is -0.144. The number of pyridine rings is 1. The Morgan fingerprint density at radius 1 is 1.36 bits per heavy atom. The summed E-state index contributed by atoms with van der Waals surface area (Å²) in [5.41, 5.74) is 1.08. The normalized spacial score (nSPS) is 14.1. The van der Waals surface area contributed by atoms with Gasteiger partial charge in [-0.15, -0.1) is 0 Å². The minimum atomic E-state index is -3.66. The summed E-state index contributed by atoms with van der Waals surface area (Å²) in [6.07, 6.45) is 1.78. The van der Waals surface area contributed by atoms with Crippen molar-refractivity contribution in [3.8, 4) is 0 Å². The zero-order chi connectivity index (χ0) is 15.9. The van der Waals surface area contributed by atoms with Crippen LogP contribution in [0.2, 0.25) is 5.02 Å². The molecule has 6 heteroatoms. The molecule has 3 rings (SSSR count). The van der Waals surface area contributed by atoms with E-state index in [-0.39, 0.29) is 12.1 Å². The molecule has 1 aromatic heterocycles. The molecule has 1 aliphatic heterocycles. The highest BCUT2D eigenvalue weighted by molar-refractivity contribution is 6.30. The van der Waals surface area contributed by atoms with Gasteiger partial charge < -0.3 is 4.90 Å². The van der Waals surface area contributed by atoms with Gasteiger partial charge in [0, 0.05) is 23.5 Å². The molecular formula is C16H13ClF2N2O. The molecule has 3 nitrogen and oxygen atoms in total. The van der Waals surface area contributed by atoms with Crippen LogP contribution in [0.4, 0.5) is 14.5 Å². The molecule has 22 heavy (non-hydrogen) atoms. The molecule has 0 bridgehead atoms. The van der Waals surface area contributed by atoms with Gasteiger partial charge in [0.05, 0.1) is 0 Å². The van der Waals surface area contributed by atoms with Gasteiger partial charge in [-0.2, -0.15) is 8.78 Å². The first kappa shape index (κ1) is 14.9. The molecule has 0 unspecified atom stereocenters. The van der Waals surface area contributed by atoms with E-state index in [0.717, 1.165) is 10.5 Å². The third-order valence-electron chi connectivity index (χ3n) is 3.76. The van der Waals surface area contributed by atoms with Crippen molar-refractivity contribution in [2.75, 3.05) is 11.4 Å². The van der Waals surface area contributed by atoms with E-state index < -0.39 is 17.5 Å². The van der Waals surface area contributed by atoms with Crippen molar-refractivity contribution in [1.82, 2.24) is 4.98 Å². The first-order valence-electron chi connectivity index (χ1n) is 6.81. The fraction of sp³-hybridized carbons (Fsp3) is 0.250. The fourth-order valence-corrected chi connectivity index (χ4v) is 2.86. The van der Waals surface area contributed by atoms with Crippen LogP contribution in [0.1, 0.15) is 16.8 Å². The Balaban J connectivity index is 1.97. The number of fused-ring (bicyclic) bond motifs is 1. The van der Waals surface area contributed by atoms with Gasteiger partial charge >= 0.3 is 11.8 Å². The summed E-state index contributed by atoms with van der Waals surface area (Å²) < 4.78 is 29.1. The Morgan fingerprint density at radius 3 is 2.86 bits per heavy atom. The average Bonchev–Trinajstić information content (AvgIpc) is 2.89. The Labute approximate surface area is 131 Å². The molecule has 0 saturated carbocycles. The number of aryl methyl sites for hydroxylation is 1. The first-order chi connectivity index (χ1) is 10.4. The molecule has 1 aliphatic rings. The predicted molar refractivity (Wildman–Crippen MR) is 80.4 cm³/mol. The Morgan fingerprint density at radius 2 is 2.14 bits per heavy atom. The van der Waals surface area contributed by atoms with E-state index in [0.29, 0.717) is 17.1 Å². The van der Waals surface area contributed by atoms with Crippen LogP contribution < -0.4 is 4.90 Å². The fourth-order valence-electron chi connectivity index (χ4n) is 2.67. The number of aromatic nitrogens is 1. The molecule has 0 atom stereocenters. The molecular weight excluding hydrogens is 310 g/mol. The van der Waals surface area contributed by atoms with Gasteiger partial charge in [-0.05, 0) is 48.7 Å². The number of anilines is 1. The number of hydrogen-bond acceptors (Lipinski definition) is 2. The standard InChI is InChI=1S/C16H13ClF2N2O/c1-10-3-2-7-20-14(10)16(18,19)15(22)21-8-6-11-9-12(17)4-5-13(11)21/h2-5,7,9H,6,8H2,1H3. The van der Waals surface area contributed by atoms with E-state index in [1.165, 1.54) is 19.2 Å². The van der Waals surface area contributed by atoms with Gasteiger partial charge in [-0.25, -0.2) is 0 Å². The number of alkyl halides is 2. The van der Waals surface area contributed by atoms with Crippen molar-refractivity contribution in [3.63, 3.8) is 0 Å². The quantitative estimate of drug-likeness (QED) is 0.844. The zero-order valence-corrected chi connectivity index (χ0v) is 12.6. The highest BCUT2D eigenvalue weighted by atomic mass is 35.5. The van der Waals surface area contributed by atoms with Crippen LogP contribution >= 0.6 is 11.6 Å². The number of hydrogen-bond donors (Lipinski definition) is 0. The second-order valence-corrected chi connectivity index (χ2v) is 5.66. The zero-order valence-electron chi connectivity index (χ0n) is 11.8. The number of carbonyl (C=O) groups is 1. The number of nitrogens with zero attached hydrogens (tertiary/aromatic N) is 2. The monoisotopic (exact) mass is 322 g/mol. The van der Waals surface area contributed by atoms with E-state index in [9.17, 15) is 13.6 Å². The number of amides is 1. The van der Waals surface area contributed by atoms with Gasteiger partial charge in [0.15, 0.2) is 0 Å². The first-order valence-corrected chi connectivity index (χ1v) is 7.19. The summed E-state index contributed by atoms with van der Waals surface area (Å²) in [7, 11) is 0. The van der Waals surface area contributed by atoms with Crippen molar-refractivity contribution < 1.29 is 13.6 Å². The topological polar surface area (TPSA) is 33.2 Å². The summed E-state index contributed by atoms with van der Waals surface area (Å²) >= 11 is 5.90. The van der Waals surface area contributed by atoms with Crippen LogP contribution in [0.3, 0.4) is 0 Å². The van der Waals surface area contributed by atoms with Crippen LogP contribution in [0.15, 0.2) is 36.5 Å². The smallest absolute Gasteiger partial charge is 0.306 e. The predicted octanol–water partition coefficient (Wildman–Crippen LogP) is 3.72. The van der Waals surface area contributed by atoms with E-state index in [4.69, 9.17) is 11.6 Å². The Bertz CT molecular complexity index is 749. The van der Waals surface area contributed by atoms with Gasteiger partial charge in [-0.3, -0.25) is 9.78 Å². The lowest BCUT2D eigenvalue weighted by Gasteiger charge is -2.24. The van der Waals surface area contributed by atoms with Crippen molar-refractivity contribution >= 4 is 23.2 Å². The van der Waals surface area contributed by atoms with Crippen LogP contribution in [0, 0.1) is 6.92 Å². The number of halogens is 3. The van der Waals surface area contributed by atoms with Gasteiger partial charge in [0.25, 0.3) is 0 Å². The molecule has 1 aromatic carbocycles. The second-order valence-electron chi connectivity index (χ2n) is 5.22. The third kappa shape index (κ3) is 2.35. The summed E-state index contributed by atoms with van der Waals surface area (Å²) in [4.78, 5) is 17.2. The number of carbonyl (C=O) groups excluding carboxylic acids is 1. The van der Waals surface area contributed by atoms with Crippen LogP contribution in [0.25, 0.3) is 0 Å². The maximum atomic E-state index is 14.6. The Kier molecular flexibility index (Phi) is 3.60. The van der Waals surface area contributed by atoms with Crippen molar-refractivity contribution in [3.05, 3.63) is 58.4 Å². The largest absolute Gasteiger partial charge is 0.366 e. The maximum absolute atomic E-state index is 14.6. The molecule has 2 aromatic rings. The van der Waals surface area contributed by atoms with Gasteiger partial charge in [-0.1, -0.05) is 17.7 Å². The summed E-state index contributed by atoms with van der Waals surface area (Å²) in [6, 6.07) is 7.97. The summed E-state index contributed by atoms with van der Waals surface area (Å²) in [5, 5.41) is 0.528. The molecule has 1 amide bonds. The van der Waals surface area contributed by atoms with Crippen LogP contribution in [-0.2, 0) is 17.1 Å². The molecule has 0 saturated heterocycles. The van der Waals surface area contributed by atoms with E-state index in [1.54, 1.807) is 24.3 Å². The minimum Gasteiger partial charge on any atom is -0.306 e. The lowest BCUT2D eigenvalue weighted by Crippen LogP contribution is -2.42. The number of benzene rings is 1. The SMILES string of the molecule is Cc1cccnc1C(F)(F)C(=O)N1CCc2cc(Cl)ccc21. The molecule has 0 aliphatic carbocycles.